The molecule has 12 rings (SSSR count). The van der Waals surface area contributed by atoms with E-state index < -0.39 is 0 Å². The Balaban J connectivity index is 1.06. The topological polar surface area (TPSA) is 12.9 Å². The number of hydrogen-bond donors (Lipinski definition) is 0. The Hall–Kier alpha value is -8.39. The molecule has 0 amide bonds. The standard InChI is InChI=1S/C63H41N/c1-41(57-37-46-20-6-8-22-49(46)52-25-11-13-27-54(52)57)35-58(61-38-47-21-7-9-23-50(47)53-26-12-14-28-55(53)61)48-36-45-19-5-10-24-51(45)59(39-48)43-31-33-44(34-32-43)63-40-60(42-17-3-2-4-18-42)56-29-15-16-30-62(56)64-63/h2-40H,1H2/b58-35+. The maximum atomic E-state index is 5.17. The van der Waals surface area contributed by atoms with Crippen LogP contribution in [0.5, 0.6) is 0 Å². The van der Waals surface area contributed by atoms with Crippen LogP contribution < -0.4 is 0 Å². The molecule has 1 aromatic heterocycles. The van der Waals surface area contributed by atoms with Crippen molar-refractivity contribution in [2.75, 3.05) is 0 Å². The third-order valence-corrected chi connectivity index (χ3v) is 13.0. The molecule has 0 aliphatic carbocycles. The molecule has 0 fully saturated rings. The van der Waals surface area contributed by atoms with Crippen molar-refractivity contribution in [3.8, 4) is 33.5 Å². The lowest BCUT2D eigenvalue weighted by Crippen LogP contribution is -1.95. The number of pyridine rings is 1. The van der Waals surface area contributed by atoms with Crippen molar-refractivity contribution in [2.45, 2.75) is 0 Å². The second-order valence-corrected chi connectivity index (χ2v) is 16.7. The van der Waals surface area contributed by atoms with Crippen LogP contribution >= 0.6 is 0 Å². The van der Waals surface area contributed by atoms with Crippen molar-refractivity contribution in [1.29, 1.82) is 0 Å². The van der Waals surface area contributed by atoms with E-state index in [0.717, 1.165) is 50.0 Å². The summed E-state index contributed by atoms with van der Waals surface area (Å²) in [6, 6.07) is 83.4. The first kappa shape index (κ1) is 37.4. The highest BCUT2D eigenvalue weighted by molar-refractivity contribution is 6.16. The molecule has 0 radical (unpaired) electrons. The van der Waals surface area contributed by atoms with Gasteiger partial charge >= 0.3 is 0 Å². The average Bonchev–Trinajstić information content (AvgIpc) is 3.37. The summed E-state index contributed by atoms with van der Waals surface area (Å²) in [7, 11) is 0. The Morgan fingerprint density at radius 3 is 1.45 bits per heavy atom. The van der Waals surface area contributed by atoms with Crippen LogP contribution in [0.15, 0.2) is 243 Å². The summed E-state index contributed by atoms with van der Waals surface area (Å²) in [4.78, 5) is 5.17. The normalized spacial score (nSPS) is 11.9. The van der Waals surface area contributed by atoms with Gasteiger partial charge in [-0.05, 0) is 146 Å². The lowest BCUT2D eigenvalue weighted by Gasteiger charge is -2.19. The van der Waals surface area contributed by atoms with Gasteiger partial charge in [0.05, 0.1) is 11.2 Å². The van der Waals surface area contributed by atoms with Crippen molar-refractivity contribution < 1.29 is 0 Å². The van der Waals surface area contributed by atoms with E-state index in [1.165, 1.54) is 76.1 Å². The highest BCUT2D eigenvalue weighted by Gasteiger charge is 2.18. The van der Waals surface area contributed by atoms with Crippen LogP contribution in [0.4, 0.5) is 0 Å². The SMILES string of the molecule is C=C(/C=C(\c1cc(-c2ccc(-c3cc(-c4ccccc4)c4ccccc4n3)cc2)c2ccccc2c1)c1cc2ccccc2c2ccccc12)c1cc2ccccc2c2ccccc12. The van der Waals surface area contributed by atoms with Crippen LogP contribution in [-0.4, -0.2) is 4.98 Å². The van der Waals surface area contributed by atoms with Crippen molar-refractivity contribution in [3.63, 3.8) is 0 Å². The zero-order valence-electron chi connectivity index (χ0n) is 35.2. The van der Waals surface area contributed by atoms with E-state index in [0.29, 0.717) is 0 Å². The number of benzene rings is 11. The average molecular weight is 812 g/mol. The largest absolute Gasteiger partial charge is 0.248 e. The molecule has 1 heterocycles. The summed E-state index contributed by atoms with van der Waals surface area (Å²) in [5.74, 6) is 0. The lowest BCUT2D eigenvalue weighted by molar-refractivity contribution is 1.40. The fraction of sp³-hybridized carbons (Fsp3) is 0. The van der Waals surface area contributed by atoms with Crippen LogP contribution in [0.1, 0.15) is 16.7 Å². The molecule has 0 aliphatic rings. The molecule has 1 heteroatoms. The third kappa shape index (κ3) is 6.46. The predicted octanol–water partition coefficient (Wildman–Crippen LogP) is 17.1. The minimum atomic E-state index is 0.954. The van der Waals surface area contributed by atoms with Crippen molar-refractivity contribution >= 4 is 75.9 Å². The first-order valence-electron chi connectivity index (χ1n) is 22.0. The van der Waals surface area contributed by atoms with Gasteiger partial charge < -0.3 is 0 Å². The third-order valence-electron chi connectivity index (χ3n) is 13.0. The molecule has 0 aliphatic heterocycles. The molecular formula is C63H41N. The van der Waals surface area contributed by atoms with E-state index in [1.54, 1.807) is 0 Å². The Morgan fingerprint density at radius 1 is 0.344 bits per heavy atom. The van der Waals surface area contributed by atoms with Gasteiger partial charge in [0, 0.05) is 10.9 Å². The summed E-state index contributed by atoms with van der Waals surface area (Å²) in [5.41, 5.74) is 13.2. The van der Waals surface area contributed by atoms with Crippen molar-refractivity contribution in [2.24, 2.45) is 0 Å². The number of allylic oxidation sites excluding steroid dienone is 2. The lowest BCUT2D eigenvalue weighted by atomic mass is 9.85. The highest BCUT2D eigenvalue weighted by atomic mass is 14.7. The van der Waals surface area contributed by atoms with E-state index in [-0.39, 0.29) is 0 Å². The first-order valence-corrected chi connectivity index (χ1v) is 22.0. The fourth-order valence-corrected chi connectivity index (χ4v) is 9.87. The summed E-state index contributed by atoms with van der Waals surface area (Å²) >= 11 is 0. The van der Waals surface area contributed by atoms with Crippen molar-refractivity contribution in [1.82, 2.24) is 4.98 Å². The number of aromatic nitrogens is 1. The summed E-state index contributed by atoms with van der Waals surface area (Å²) < 4.78 is 0. The van der Waals surface area contributed by atoms with Crippen LogP contribution in [0.2, 0.25) is 0 Å². The van der Waals surface area contributed by atoms with E-state index in [9.17, 15) is 0 Å². The van der Waals surface area contributed by atoms with Crippen LogP contribution in [0.3, 0.4) is 0 Å². The minimum Gasteiger partial charge on any atom is -0.248 e. The zero-order valence-corrected chi connectivity index (χ0v) is 35.2. The van der Waals surface area contributed by atoms with Gasteiger partial charge in [-0.25, -0.2) is 4.98 Å². The Kier molecular flexibility index (Phi) is 9.06. The van der Waals surface area contributed by atoms with Gasteiger partial charge in [0.2, 0.25) is 0 Å². The van der Waals surface area contributed by atoms with Gasteiger partial charge in [0.25, 0.3) is 0 Å². The zero-order chi connectivity index (χ0) is 42.6. The molecule has 0 unspecified atom stereocenters. The van der Waals surface area contributed by atoms with E-state index in [1.807, 2.05) is 0 Å². The fourth-order valence-electron chi connectivity index (χ4n) is 9.87. The molecule has 11 aromatic carbocycles. The van der Waals surface area contributed by atoms with Crippen LogP contribution in [0.25, 0.3) is 109 Å². The molecule has 298 valence electrons. The molecule has 64 heavy (non-hydrogen) atoms. The van der Waals surface area contributed by atoms with Gasteiger partial charge in [-0.2, -0.15) is 0 Å². The monoisotopic (exact) mass is 811 g/mol. The van der Waals surface area contributed by atoms with Crippen LogP contribution in [0, 0.1) is 0 Å². The van der Waals surface area contributed by atoms with Crippen LogP contribution in [-0.2, 0) is 0 Å². The smallest absolute Gasteiger partial charge is 0.0715 e. The maximum absolute atomic E-state index is 5.17. The summed E-state index contributed by atoms with van der Waals surface area (Å²) in [6.07, 6.45) is 2.33. The molecule has 0 spiro atoms. The second-order valence-electron chi connectivity index (χ2n) is 16.7. The number of nitrogens with zero attached hydrogens (tertiary/aromatic N) is 1. The predicted molar refractivity (Wildman–Crippen MR) is 275 cm³/mol. The van der Waals surface area contributed by atoms with E-state index in [2.05, 4.69) is 237 Å². The second kappa shape index (κ2) is 15.5. The van der Waals surface area contributed by atoms with Crippen molar-refractivity contribution in [3.05, 3.63) is 260 Å². The number of para-hydroxylation sites is 1. The van der Waals surface area contributed by atoms with Gasteiger partial charge in [-0.3, -0.25) is 0 Å². The Bertz CT molecular complexity index is 3840. The molecule has 0 bridgehead atoms. The Morgan fingerprint density at radius 2 is 0.797 bits per heavy atom. The Labute approximate surface area is 372 Å². The molecule has 0 atom stereocenters. The molecule has 0 N–H and O–H groups in total. The highest BCUT2D eigenvalue weighted by Crippen LogP contribution is 2.42. The van der Waals surface area contributed by atoms with Gasteiger partial charge in [0.15, 0.2) is 0 Å². The quantitative estimate of drug-likeness (QED) is 0.115. The van der Waals surface area contributed by atoms with Gasteiger partial charge in [-0.15, -0.1) is 0 Å². The minimum absolute atomic E-state index is 0.954. The molecule has 1 nitrogen and oxygen atoms in total. The summed E-state index contributed by atoms with van der Waals surface area (Å²) in [6.45, 7) is 4.86. The number of rotatable bonds is 7. The number of fused-ring (bicyclic) bond motifs is 8. The van der Waals surface area contributed by atoms with E-state index in [4.69, 9.17) is 11.6 Å². The molecule has 0 saturated heterocycles. The molecule has 12 aromatic rings. The van der Waals surface area contributed by atoms with E-state index >= 15 is 0 Å². The van der Waals surface area contributed by atoms with Gasteiger partial charge in [-0.1, -0.05) is 201 Å². The van der Waals surface area contributed by atoms with Gasteiger partial charge in [0.1, 0.15) is 0 Å². The first-order chi connectivity index (χ1) is 31.6. The maximum Gasteiger partial charge on any atom is 0.0715 e. The molecule has 0 saturated carbocycles. The summed E-state index contributed by atoms with van der Waals surface area (Å²) in [5, 5.41) is 13.3. The molecular weight excluding hydrogens is 771 g/mol. The number of hydrogen-bond acceptors (Lipinski definition) is 1.